The van der Waals surface area contributed by atoms with E-state index in [0.717, 1.165) is 17.0 Å². The van der Waals surface area contributed by atoms with E-state index in [1.165, 1.54) is 0 Å². The van der Waals surface area contributed by atoms with Crippen LogP contribution in [0.1, 0.15) is 16.1 Å². The first-order valence-corrected chi connectivity index (χ1v) is 9.77. The van der Waals surface area contributed by atoms with Crippen LogP contribution in [0, 0.1) is 6.92 Å². The summed E-state index contributed by atoms with van der Waals surface area (Å²) in [5.41, 5.74) is 2.95. The summed E-state index contributed by atoms with van der Waals surface area (Å²) in [6.07, 6.45) is 1.59. The molecule has 2 aromatic carbocycles. The van der Waals surface area contributed by atoms with Gasteiger partial charge in [-0.3, -0.25) is 4.79 Å². The van der Waals surface area contributed by atoms with Crippen molar-refractivity contribution < 1.29 is 13.9 Å². The van der Waals surface area contributed by atoms with Gasteiger partial charge in [-0.25, -0.2) is 4.68 Å². The SMILES string of the molecule is Cc1ccccc1OCCN(C)C(=O)c1cc(-c2ccco2)nn1-c1ccccc1. The number of carbonyl (C=O) groups is 1. The Balaban J connectivity index is 1.54. The molecule has 0 spiro atoms. The summed E-state index contributed by atoms with van der Waals surface area (Å²) in [6.45, 7) is 2.85. The van der Waals surface area contributed by atoms with Crippen molar-refractivity contribution in [2.75, 3.05) is 20.2 Å². The maximum absolute atomic E-state index is 13.2. The van der Waals surface area contributed by atoms with Crippen molar-refractivity contribution in [3.63, 3.8) is 0 Å². The first kappa shape index (κ1) is 19.5. The van der Waals surface area contributed by atoms with Crippen molar-refractivity contribution in [2.45, 2.75) is 6.92 Å². The summed E-state index contributed by atoms with van der Waals surface area (Å²) in [4.78, 5) is 14.8. The topological polar surface area (TPSA) is 60.5 Å². The molecule has 152 valence electrons. The maximum Gasteiger partial charge on any atom is 0.272 e. The highest BCUT2D eigenvalue weighted by molar-refractivity contribution is 5.94. The zero-order chi connectivity index (χ0) is 20.9. The van der Waals surface area contributed by atoms with Crippen LogP contribution in [0.5, 0.6) is 5.75 Å². The van der Waals surface area contributed by atoms with Gasteiger partial charge in [0.15, 0.2) is 5.76 Å². The fourth-order valence-electron chi connectivity index (χ4n) is 3.15. The quantitative estimate of drug-likeness (QED) is 0.454. The molecular formula is C24H23N3O3. The lowest BCUT2D eigenvalue weighted by molar-refractivity contribution is 0.0764. The summed E-state index contributed by atoms with van der Waals surface area (Å²) >= 11 is 0. The Kier molecular flexibility index (Phi) is 5.66. The van der Waals surface area contributed by atoms with Crippen molar-refractivity contribution in [1.82, 2.24) is 14.7 Å². The van der Waals surface area contributed by atoms with Crippen LogP contribution in [0.2, 0.25) is 0 Å². The number of furan rings is 1. The molecule has 0 saturated heterocycles. The van der Waals surface area contributed by atoms with Crippen molar-refractivity contribution in [2.24, 2.45) is 0 Å². The molecule has 0 aliphatic rings. The fraction of sp³-hybridized carbons (Fsp3) is 0.167. The van der Waals surface area contributed by atoms with Crippen molar-refractivity contribution in [1.29, 1.82) is 0 Å². The Hall–Kier alpha value is -3.80. The first-order chi connectivity index (χ1) is 14.6. The molecule has 4 aromatic rings. The van der Waals surface area contributed by atoms with Crippen LogP contribution in [0.15, 0.2) is 83.5 Å². The average molecular weight is 401 g/mol. The average Bonchev–Trinajstić information content (AvgIpc) is 3.45. The number of aromatic nitrogens is 2. The Morgan fingerprint density at radius 1 is 1.07 bits per heavy atom. The van der Waals surface area contributed by atoms with E-state index in [2.05, 4.69) is 5.10 Å². The van der Waals surface area contributed by atoms with Gasteiger partial charge in [0.1, 0.15) is 23.7 Å². The summed E-state index contributed by atoms with van der Waals surface area (Å²) in [5.74, 6) is 1.30. The number of nitrogens with zero attached hydrogens (tertiary/aromatic N) is 3. The number of hydrogen-bond donors (Lipinski definition) is 0. The highest BCUT2D eigenvalue weighted by Gasteiger charge is 2.21. The largest absolute Gasteiger partial charge is 0.491 e. The lowest BCUT2D eigenvalue weighted by atomic mass is 10.2. The molecular weight excluding hydrogens is 378 g/mol. The van der Waals surface area contributed by atoms with E-state index in [4.69, 9.17) is 9.15 Å². The number of para-hydroxylation sites is 2. The zero-order valence-corrected chi connectivity index (χ0v) is 17.0. The smallest absolute Gasteiger partial charge is 0.272 e. The Labute approximate surface area is 175 Å². The Morgan fingerprint density at radius 3 is 2.57 bits per heavy atom. The van der Waals surface area contributed by atoms with Crippen LogP contribution in [0.4, 0.5) is 0 Å². The third-order valence-electron chi connectivity index (χ3n) is 4.83. The molecule has 0 radical (unpaired) electrons. The molecule has 0 unspecified atom stereocenters. The number of aryl methyl sites for hydroxylation is 1. The van der Waals surface area contributed by atoms with Gasteiger partial charge < -0.3 is 14.1 Å². The van der Waals surface area contributed by atoms with Crippen molar-refractivity contribution >= 4 is 5.91 Å². The van der Waals surface area contributed by atoms with E-state index in [0.29, 0.717) is 30.3 Å². The minimum absolute atomic E-state index is 0.141. The van der Waals surface area contributed by atoms with Gasteiger partial charge in [-0.05, 0) is 42.8 Å². The van der Waals surface area contributed by atoms with E-state index < -0.39 is 0 Å². The molecule has 1 amide bonds. The van der Waals surface area contributed by atoms with Gasteiger partial charge in [0, 0.05) is 13.1 Å². The van der Waals surface area contributed by atoms with Crippen LogP contribution < -0.4 is 4.74 Å². The fourth-order valence-corrected chi connectivity index (χ4v) is 3.15. The molecule has 6 heteroatoms. The lowest BCUT2D eigenvalue weighted by Crippen LogP contribution is -2.32. The second kappa shape index (κ2) is 8.69. The number of amides is 1. The van der Waals surface area contributed by atoms with Gasteiger partial charge in [-0.2, -0.15) is 5.10 Å². The summed E-state index contributed by atoms with van der Waals surface area (Å²) in [7, 11) is 1.76. The van der Waals surface area contributed by atoms with Gasteiger partial charge in [0.25, 0.3) is 5.91 Å². The number of carbonyl (C=O) groups excluding carboxylic acids is 1. The van der Waals surface area contributed by atoms with E-state index in [1.807, 2.05) is 67.6 Å². The van der Waals surface area contributed by atoms with Crippen molar-refractivity contribution in [3.05, 3.63) is 90.3 Å². The molecule has 0 fully saturated rings. The second-order valence-corrected chi connectivity index (χ2v) is 6.98. The number of rotatable bonds is 7. The van der Waals surface area contributed by atoms with Crippen LogP contribution >= 0.6 is 0 Å². The molecule has 30 heavy (non-hydrogen) atoms. The number of benzene rings is 2. The van der Waals surface area contributed by atoms with Gasteiger partial charge >= 0.3 is 0 Å². The third-order valence-corrected chi connectivity index (χ3v) is 4.83. The maximum atomic E-state index is 13.2. The Bertz CT molecular complexity index is 1120. The zero-order valence-electron chi connectivity index (χ0n) is 17.0. The highest BCUT2D eigenvalue weighted by atomic mass is 16.5. The summed E-state index contributed by atoms with van der Waals surface area (Å²) < 4.78 is 13.0. The van der Waals surface area contributed by atoms with Gasteiger partial charge in [-0.1, -0.05) is 36.4 Å². The molecule has 4 rings (SSSR count). The highest BCUT2D eigenvalue weighted by Crippen LogP contribution is 2.23. The molecule has 0 aliphatic heterocycles. The summed E-state index contributed by atoms with van der Waals surface area (Å²) in [5, 5.41) is 4.61. The molecule has 0 aliphatic carbocycles. The van der Waals surface area contributed by atoms with Gasteiger partial charge in [-0.15, -0.1) is 0 Å². The molecule has 0 saturated carbocycles. The molecule has 2 heterocycles. The molecule has 0 atom stereocenters. The predicted octanol–water partition coefficient (Wildman–Crippen LogP) is 4.59. The molecule has 0 N–H and O–H groups in total. The Morgan fingerprint density at radius 2 is 1.83 bits per heavy atom. The molecule has 6 nitrogen and oxygen atoms in total. The van der Waals surface area contributed by atoms with Gasteiger partial charge in [0.05, 0.1) is 18.5 Å². The third kappa shape index (κ3) is 4.12. The van der Waals surface area contributed by atoms with E-state index in [-0.39, 0.29) is 5.91 Å². The number of hydrogen-bond acceptors (Lipinski definition) is 4. The van der Waals surface area contributed by atoms with Crippen LogP contribution in [-0.2, 0) is 0 Å². The normalized spacial score (nSPS) is 10.7. The predicted molar refractivity (Wildman–Crippen MR) is 115 cm³/mol. The summed E-state index contributed by atoms with van der Waals surface area (Å²) in [6, 6.07) is 22.8. The first-order valence-electron chi connectivity index (χ1n) is 9.77. The van der Waals surface area contributed by atoms with Crippen molar-refractivity contribution in [3.8, 4) is 22.9 Å². The lowest BCUT2D eigenvalue weighted by Gasteiger charge is -2.18. The second-order valence-electron chi connectivity index (χ2n) is 6.98. The van der Waals surface area contributed by atoms with Crippen LogP contribution in [0.25, 0.3) is 17.1 Å². The minimum Gasteiger partial charge on any atom is -0.491 e. The molecule has 0 bridgehead atoms. The van der Waals surface area contributed by atoms with E-state index in [1.54, 1.807) is 35.0 Å². The van der Waals surface area contributed by atoms with Crippen LogP contribution in [0.3, 0.4) is 0 Å². The van der Waals surface area contributed by atoms with Gasteiger partial charge in [0.2, 0.25) is 0 Å². The minimum atomic E-state index is -0.141. The number of ether oxygens (including phenoxy) is 1. The van der Waals surface area contributed by atoms with Crippen LogP contribution in [-0.4, -0.2) is 40.8 Å². The monoisotopic (exact) mass is 401 g/mol. The van der Waals surface area contributed by atoms with E-state index in [9.17, 15) is 4.79 Å². The molecule has 2 aromatic heterocycles. The van der Waals surface area contributed by atoms with E-state index >= 15 is 0 Å². The number of likely N-dealkylation sites (N-methyl/N-ethyl adjacent to an activating group) is 1. The standard InChI is InChI=1S/C24H23N3O3/c1-18-9-6-7-12-22(18)30-16-14-26(2)24(28)21-17-20(23-13-8-15-29-23)25-27(21)19-10-4-3-5-11-19/h3-13,15,17H,14,16H2,1-2H3.